The van der Waals surface area contributed by atoms with Crippen molar-refractivity contribution in [2.75, 3.05) is 25.1 Å². The molecule has 0 bridgehead atoms. The molecule has 0 atom stereocenters. The molecule has 0 unspecified atom stereocenters. The Morgan fingerprint density at radius 3 is 2.54 bits per heavy atom. The lowest BCUT2D eigenvalue weighted by atomic mass is 10.0. The Morgan fingerprint density at radius 1 is 1.11 bits per heavy atom. The van der Waals surface area contributed by atoms with Crippen molar-refractivity contribution < 1.29 is 17.9 Å². The molecule has 192 valence electrons. The number of pyridine rings is 1. The first-order valence-electron chi connectivity index (χ1n) is 12.1. The minimum atomic E-state index is -3.60. The third-order valence-electron chi connectivity index (χ3n) is 6.61. The van der Waals surface area contributed by atoms with Crippen LogP contribution < -0.4 is 9.64 Å². The summed E-state index contributed by atoms with van der Waals surface area (Å²) >= 11 is 1.39. The summed E-state index contributed by atoms with van der Waals surface area (Å²) in [5.74, 6) is 0.882. The molecule has 1 aliphatic heterocycles. The summed E-state index contributed by atoms with van der Waals surface area (Å²) in [4.78, 5) is 24.5. The maximum Gasteiger partial charge on any atom is 0.260 e. The number of benzene rings is 2. The molecule has 4 aromatic rings. The molecule has 1 saturated heterocycles. The zero-order chi connectivity index (χ0) is 26.0. The smallest absolute Gasteiger partial charge is 0.260 e. The van der Waals surface area contributed by atoms with Gasteiger partial charge in [-0.1, -0.05) is 30.4 Å². The second kappa shape index (κ2) is 10.6. The molecular weight excluding hydrogens is 508 g/mol. The van der Waals surface area contributed by atoms with E-state index in [0.717, 1.165) is 23.1 Å². The molecule has 0 aliphatic carbocycles. The number of aromatic nitrogens is 2. The molecule has 2 aromatic carbocycles. The number of piperidine rings is 1. The van der Waals surface area contributed by atoms with Crippen LogP contribution in [0.15, 0.2) is 71.9 Å². The number of thiazole rings is 1. The van der Waals surface area contributed by atoms with E-state index in [9.17, 15) is 13.2 Å². The summed E-state index contributed by atoms with van der Waals surface area (Å²) in [6.07, 6.45) is 5.10. The van der Waals surface area contributed by atoms with E-state index in [2.05, 4.69) is 11.9 Å². The lowest BCUT2D eigenvalue weighted by molar-refractivity contribution is 0.0985. The highest BCUT2D eigenvalue weighted by Gasteiger charge is 2.29. The minimum absolute atomic E-state index is 0.196. The minimum Gasteiger partial charge on any atom is -0.494 e. The molecule has 3 heterocycles. The molecule has 0 N–H and O–H groups in total. The average molecular weight is 537 g/mol. The average Bonchev–Trinajstić information content (AvgIpc) is 3.36. The first-order chi connectivity index (χ1) is 17.9. The van der Waals surface area contributed by atoms with E-state index in [4.69, 9.17) is 9.72 Å². The number of fused-ring (bicyclic) bond motifs is 1. The van der Waals surface area contributed by atoms with Crippen LogP contribution in [0.4, 0.5) is 5.13 Å². The lowest BCUT2D eigenvalue weighted by Gasteiger charge is -2.29. The second-order valence-corrected chi connectivity index (χ2v) is 12.1. The van der Waals surface area contributed by atoms with Crippen molar-refractivity contribution in [3.8, 4) is 5.75 Å². The molecule has 0 saturated carbocycles. The number of sulfonamides is 1. The van der Waals surface area contributed by atoms with Gasteiger partial charge in [0.05, 0.1) is 23.2 Å². The van der Waals surface area contributed by atoms with Gasteiger partial charge >= 0.3 is 0 Å². The van der Waals surface area contributed by atoms with Gasteiger partial charge in [-0.05, 0) is 66.8 Å². The van der Waals surface area contributed by atoms with Crippen LogP contribution in [0, 0.1) is 5.92 Å². The Hall–Kier alpha value is -3.34. The molecular formula is C27H28N4O4S2. The number of para-hydroxylation sites is 1. The van der Waals surface area contributed by atoms with Gasteiger partial charge in [0.1, 0.15) is 11.3 Å². The first kappa shape index (κ1) is 25.3. The van der Waals surface area contributed by atoms with Gasteiger partial charge in [0.25, 0.3) is 5.91 Å². The fourth-order valence-electron chi connectivity index (χ4n) is 4.39. The fourth-order valence-corrected chi connectivity index (χ4v) is 6.84. The molecule has 1 aliphatic rings. The molecule has 10 heteroatoms. The van der Waals surface area contributed by atoms with Gasteiger partial charge < -0.3 is 4.74 Å². The number of ether oxygens (including phenoxy) is 1. The Balaban J connectivity index is 1.46. The summed E-state index contributed by atoms with van der Waals surface area (Å²) in [6, 6.07) is 15.6. The maximum atomic E-state index is 13.8. The van der Waals surface area contributed by atoms with Crippen molar-refractivity contribution in [3.05, 3.63) is 78.1 Å². The highest BCUT2D eigenvalue weighted by atomic mass is 32.2. The van der Waals surface area contributed by atoms with Crippen molar-refractivity contribution in [2.24, 2.45) is 5.92 Å². The van der Waals surface area contributed by atoms with E-state index < -0.39 is 10.0 Å². The van der Waals surface area contributed by atoms with Gasteiger partial charge in [-0.25, -0.2) is 13.4 Å². The number of anilines is 1. The number of carbonyl (C=O) groups is 1. The Labute approximate surface area is 220 Å². The van der Waals surface area contributed by atoms with Gasteiger partial charge in [-0.3, -0.25) is 14.7 Å². The molecule has 5 rings (SSSR count). The van der Waals surface area contributed by atoms with Crippen LogP contribution in [0.1, 0.15) is 35.7 Å². The summed E-state index contributed by atoms with van der Waals surface area (Å²) < 4.78 is 34.2. The highest BCUT2D eigenvalue weighted by Crippen LogP contribution is 2.35. The molecule has 0 radical (unpaired) electrons. The first-order valence-corrected chi connectivity index (χ1v) is 14.4. The number of methoxy groups -OCH3 is 1. The predicted octanol–water partition coefficient (Wildman–Crippen LogP) is 4.97. The third kappa shape index (κ3) is 5.22. The second-order valence-electron chi connectivity index (χ2n) is 9.17. The van der Waals surface area contributed by atoms with Gasteiger partial charge in [-0.15, -0.1) is 0 Å². The number of hydrogen-bond donors (Lipinski definition) is 0. The van der Waals surface area contributed by atoms with Gasteiger partial charge in [0.15, 0.2) is 5.13 Å². The van der Waals surface area contributed by atoms with Crippen LogP contribution in [0.5, 0.6) is 5.75 Å². The predicted molar refractivity (Wildman–Crippen MR) is 145 cm³/mol. The van der Waals surface area contributed by atoms with E-state index in [1.807, 2.05) is 30.3 Å². The quantitative estimate of drug-likeness (QED) is 0.331. The Morgan fingerprint density at radius 2 is 1.86 bits per heavy atom. The zero-order valence-electron chi connectivity index (χ0n) is 20.7. The van der Waals surface area contributed by atoms with Crippen LogP contribution in [-0.4, -0.2) is 48.8 Å². The number of amides is 1. The number of nitrogens with zero attached hydrogens (tertiary/aromatic N) is 4. The molecule has 1 fully saturated rings. The van der Waals surface area contributed by atoms with Gasteiger partial charge in [-0.2, -0.15) is 4.31 Å². The number of rotatable bonds is 7. The SMILES string of the molecule is COc1cccc2sc(N(Cc3cccnc3)C(=O)c3ccc(S(=O)(=O)N4CCC(C)CC4)cc3)nc12. The summed E-state index contributed by atoms with van der Waals surface area (Å²) in [5, 5.41) is 0.521. The Bertz CT molecular complexity index is 1500. The van der Waals surface area contributed by atoms with Crippen LogP contribution >= 0.6 is 11.3 Å². The molecule has 37 heavy (non-hydrogen) atoms. The standard InChI is InChI=1S/C27H28N4O4S2/c1-19-12-15-30(16-13-19)37(33,34)22-10-8-21(9-11-22)26(32)31(18-20-5-4-14-28-17-20)27-29-25-23(35-2)6-3-7-24(25)36-27/h3-11,14,17,19H,12-13,15-16,18H2,1-2H3. The van der Waals surface area contributed by atoms with E-state index in [0.29, 0.717) is 41.0 Å². The summed E-state index contributed by atoms with van der Waals surface area (Å²) in [7, 11) is -2.01. The summed E-state index contributed by atoms with van der Waals surface area (Å²) in [6.45, 7) is 3.44. The van der Waals surface area contributed by atoms with Crippen LogP contribution in [0.25, 0.3) is 10.2 Å². The third-order valence-corrected chi connectivity index (χ3v) is 9.57. The monoisotopic (exact) mass is 536 g/mol. The fraction of sp³-hybridized carbons (Fsp3) is 0.296. The largest absolute Gasteiger partial charge is 0.494 e. The maximum absolute atomic E-state index is 13.8. The van der Waals surface area contributed by atoms with Crippen molar-refractivity contribution in [1.29, 1.82) is 0 Å². The molecule has 8 nitrogen and oxygen atoms in total. The number of carbonyl (C=O) groups excluding carboxylic acids is 1. The molecule has 2 aromatic heterocycles. The molecule has 0 spiro atoms. The van der Waals surface area contributed by atoms with Gasteiger partial charge in [0.2, 0.25) is 10.0 Å². The highest BCUT2D eigenvalue weighted by molar-refractivity contribution is 7.89. The Kier molecular flexibility index (Phi) is 7.23. The normalized spacial score (nSPS) is 15.1. The van der Waals surface area contributed by atoms with E-state index in [1.165, 1.54) is 27.8 Å². The van der Waals surface area contributed by atoms with Crippen molar-refractivity contribution in [3.63, 3.8) is 0 Å². The van der Waals surface area contributed by atoms with E-state index in [1.54, 1.807) is 36.5 Å². The molecule has 1 amide bonds. The zero-order valence-corrected chi connectivity index (χ0v) is 22.3. The van der Waals surface area contributed by atoms with E-state index >= 15 is 0 Å². The van der Waals surface area contributed by atoms with E-state index in [-0.39, 0.29) is 17.3 Å². The van der Waals surface area contributed by atoms with Crippen molar-refractivity contribution >= 4 is 42.6 Å². The lowest BCUT2D eigenvalue weighted by Crippen LogP contribution is -2.37. The van der Waals surface area contributed by atoms with Crippen LogP contribution in [0.3, 0.4) is 0 Å². The van der Waals surface area contributed by atoms with Crippen molar-refractivity contribution in [1.82, 2.24) is 14.3 Å². The van der Waals surface area contributed by atoms with Gasteiger partial charge in [0, 0.05) is 31.0 Å². The summed E-state index contributed by atoms with van der Waals surface area (Å²) in [5.41, 5.74) is 1.91. The van der Waals surface area contributed by atoms with Crippen molar-refractivity contribution in [2.45, 2.75) is 31.2 Å². The van der Waals surface area contributed by atoms with Crippen LogP contribution in [-0.2, 0) is 16.6 Å². The van der Waals surface area contributed by atoms with Crippen LogP contribution in [0.2, 0.25) is 0 Å². The number of hydrogen-bond acceptors (Lipinski definition) is 7. The topological polar surface area (TPSA) is 92.7 Å².